The maximum Gasteiger partial charge on any atom is 0.0317 e. The van der Waals surface area contributed by atoms with E-state index < -0.39 is 0 Å². The minimum atomic E-state index is 0.0374. The van der Waals surface area contributed by atoms with Gasteiger partial charge in [-0.1, -0.05) is 116 Å². The molecule has 182 valence electrons. The Morgan fingerprint density at radius 3 is 1.71 bits per heavy atom. The van der Waals surface area contributed by atoms with Crippen molar-refractivity contribution in [1.29, 1.82) is 0 Å². The lowest BCUT2D eigenvalue weighted by atomic mass is 9.66. The first-order valence-corrected chi connectivity index (χ1v) is 13.5. The van der Waals surface area contributed by atoms with Crippen LogP contribution in [0.3, 0.4) is 0 Å². The molecule has 3 aromatic carbocycles. The summed E-state index contributed by atoms with van der Waals surface area (Å²) in [6.07, 6.45) is 7.40. The lowest BCUT2D eigenvalue weighted by molar-refractivity contribution is 0.308. The van der Waals surface area contributed by atoms with Crippen LogP contribution in [0.25, 0.3) is 22.3 Å². The van der Waals surface area contributed by atoms with Crippen molar-refractivity contribution < 1.29 is 0 Å². The third-order valence-electron chi connectivity index (χ3n) is 7.78. The van der Waals surface area contributed by atoms with Gasteiger partial charge in [0.1, 0.15) is 0 Å². The number of hydrogen-bond acceptors (Lipinski definition) is 1. The Morgan fingerprint density at radius 2 is 1.18 bits per heavy atom. The zero-order valence-electron chi connectivity index (χ0n) is 22.3. The van der Waals surface area contributed by atoms with E-state index in [0.29, 0.717) is 11.8 Å². The second-order valence-corrected chi connectivity index (χ2v) is 10.4. The second-order valence-electron chi connectivity index (χ2n) is 10.4. The van der Waals surface area contributed by atoms with Crippen molar-refractivity contribution in [2.75, 3.05) is 5.73 Å². The van der Waals surface area contributed by atoms with Gasteiger partial charge in [0.05, 0.1) is 0 Å². The molecule has 4 rings (SSSR count). The zero-order chi connectivity index (χ0) is 24.7. The Hall–Kier alpha value is -2.54. The van der Waals surface area contributed by atoms with Crippen molar-refractivity contribution in [2.24, 2.45) is 11.8 Å². The van der Waals surface area contributed by atoms with Gasteiger partial charge in [-0.25, -0.2) is 0 Å². The molecule has 0 fully saturated rings. The summed E-state index contributed by atoms with van der Waals surface area (Å²) in [7, 11) is 0. The van der Waals surface area contributed by atoms with E-state index in [2.05, 4.69) is 108 Å². The number of hydrogen-bond donors (Lipinski definition) is 1. The summed E-state index contributed by atoms with van der Waals surface area (Å²) in [5.41, 5.74) is 15.6. The summed E-state index contributed by atoms with van der Waals surface area (Å²) in [5, 5.41) is 0. The molecule has 0 saturated heterocycles. The molecule has 34 heavy (non-hydrogen) atoms. The molecule has 2 atom stereocenters. The largest absolute Gasteiger partial charge is 0.399 e. The molecule has 0 radical (unpaired) electrons. The van der Waals surface area contributed by atoms with Gasteiger partial charge in [-0.2, -0.15) is 0 Å². The minimum absolute atomic E-state index is 0.0374. The molecule has 1 aliphatic rings. The lowest BCUT2D eigenvalue weighted by Crippen LogP contribution is -2.30. The average molecular weight is 456 g/mol. The van der Waals surface area contributed by atoms with Crippen LogP contribution < -0.4 is 5.73 Å². The van der Waals surface area contributed by atoms with Crippen molar-refractivity contribution in [3.63, 3.8) is 0 Å². The zero-order valence-corrected chi connectivity index (χ0v) is 22.3. The highest BCUT2D eigenvalue weighted by Crippen LogP contribution is 2.56. The van der Waals surface area contributed by atoms with Crippen LogP contribution in [0.4, 0.5) is 5.69 Å². The molecule has 1 heteroatoms. The second kappa shape index (κ2) is 11.7. The first-order valence-electron chi connectivity index (χ1n) is 13.5. The van der Waals surface area contributed by atoms with E-state index in [0.717, 1.165) is 5.69 Å². The van der Waals surface area contributed by atoms with Crippen LogP contribution in [0, 0.1) is 11.8 Å². The molecule has 0 bridgehead atoms. The van der Waals surface area contributed by atoms with E-state index in [1.165, 1.54) is 71.9 Å². The average Bonchev–Trinajstić information content (AvgIpc) is 3.12. The minimum Gasteiger partial charge on any atom is -0.399 e. The smallest absolute Gasteiger partial charge is 0.0317 e. The van der Waals surface area contributed by atoms with Crippen LogP contribution in [0.2, 0.25) is 0 Å². The third-order valence-corrected chi connectivity index (χ3v) is 7.78. The Morgan fingerprint density at radius 1 is 0.647 bits per heavy atom. The number of rotatable bonds is 8. The molecule has 0 saturated carbocycles. The predicted octanol–water partition coefficient (Wildman–Crippen LogP) is 9.88. The van der Waals surface area contributed by atoms with E-state index in [1.807, 2.05) is 0 Å². The number of nitrogens with two attached hydrogens (primary N) is 1. The number of nitrogen functional groups attached to an aromatic ring is 1. The van der Waals surface area contributed by atoms with E-state index in [9.17, 15) is 0 Å². The van der Waals surface area contributed by atoms with Gasteiger partial charge < -0.3 is 5.73 Å². The molecular weight excluding hydrogens is 410 g/mol. The molecule has 0 aromatic heterocycles. The van der Waals surface area contributed by atoms with Crippen LogP contribution in [0.15, 0.2) is 66.7 Å². The molecular formula is C33H45N. The van der Waals surface area contributed by atoms with Gasteiger partial charge in [0.25, 0.3) is 0 Å². The van der Waals surface area contributed by atoms with Crippen LogP contribution in [-0.4, -0.2) is 0 Å². The first-order chi connectivity index (χ1) is 16.4. The monoisotopic (exact) mass is 455 g/mol. The normalized spacial score (nSPS) is 17.8. The summed E-state index contributed by atoms with van der Waals surface area (Å²) in [6, 6.07) is 24.5. The van der Waals surface area contributed by atoms with Crippen molar-refractivity contribution >= 4 is 5.69 Å². The topological polar surface area (TPSA) is 26.0 Å². The van der Waals surface area contributed by atoms with Crippen LogP contribution >= 0.6 is 0 Å². The molecule has 3 aromatic rings. The van der Waals surface area contributed by atoms with Gasteiger partial charge >= 0.3 is 0 Å². The summed E-state index contributed by atoms with van der Waals surface area (Å²) in [4.78, 5) is 0. The van der Waals surface area contributed by atoms with E-state index in [4.69, 9.17) is 5.73 Å². The Kier molecular flexibility index (Phi) is 9.00. The SMILES string of the molecule is CCC(C)CC1(CC(C)CC)c2cc(N)ccc2-c2ccc(-c3ccccc3)cc21.CCCC. The molecule has 2 unspecified atom stereocenters. The van der Waals surface area contributed by atoms with E-state index in [1.54, 1.807) is 0 Å². The highest BCUT2D eigenvalue weighted by Gasteiger charge is 2.44. The number of benzene rings is 3. The van der Waals surface area contributed by atoms with Gasteiger partial charge in [-0.15, -0.1) is 0 Å². The van der Waals surface area contributed by atoms with Gasteiger partial charge in [0.15, 0.2) is 0 Å². The number of fused-ring (bicyclic) bond motifs is 3. The van der Waals surface area contributed by atoms with Crippen molar-refractivity contribution in [1.82, 2.24) is 0 Å². The maximum absolute atomic E-state index is 6.33. The Bertz CT molecular complexity index is 1040. The van der Waals surface area contributed by atoms with Crippen LogP contribution in [-0.2, 0) is 5.41 Å². The van der Waals surface area contributed by atoms with Gasteiger partial charge in [-0.3, -0.25) is 0 Å². The van der Waals surface area contributed by atoms with Gasteiger partial charge in [0, 0.05) is 11.1 Å². The van der Waals surface area contributed by atoms with E-state index in [-0.39, 0.29) is 5.41 Å². The molecule has 2 N–H and O–H groups in total. The fraction of sp³-hybridized carbons (Fsp3) is 0.455. The standard InChI is InChI=1S/C29H35N.C4H10/c1-5-20(3)18-29(19-21(4)6-2)27-16-23(22-10-8-7-9-11-22)12-14-25(27)26-15-13-24(30)17-28(26)29;1-3-4-2/h7-17,20-21H,5-6,18-19,30H2,1-4H3;3-4H2,1-2H3. The molecule has 0 heterocycles. The molecule has 1 aliphatic carbocycles. The summed E-state index contributed by atoms with van der Waals surface area (Å²) in [6.45, 7) is 13.8. The van der Waals surface area contributed by atoms with Crippen molar-refractivity contribution in [3.05, 3.63) is 77.9 Å². The third kappa shape index (κ3) is 5.40. The maximum atomic E-state index is 6.33. The molecule has 1 nitrogen and oxygen atoms in total. The van der Waals surface area contributed by atoms with Crippen molar-refractivity contribution in [2.45, 2.75) is 85.5 Å². The first kappa shape index (κ1) is 26.1. The Labute approximate surface area is 208 Å². The van der Waals surface area contributed by atoms with Gasteiger partial charge in [-0.05, 0) is 76.3 Å². The number of anilines is 1. The Balaban J connectivity index is 0.000000751. The fourth-order valence-electron chi connectivity index (χ4n) is 5.32. The molecule has 0 spiro atoms. The van der Waals surface area contributed by atoms with Crippen LogP contribution in [0.1, 0.15) is 91.2 Å². The lowest BCUT2D eigenvalue weighted by Gasteiger charge is -2.37. The van der Waals surface area contributed by atoms with Crippen molar-refractivity contribution in [3.8, 4) is 22.3 Å². The highest BCUT2D eigenvalue weighted by atomic mass is 14.6. The number of unbranched alkanes of at least 4 members (excludes halogenated alkanes) is 1. The molecule has 0 aliphatic heterocycles. The summed E-state index contributed by atoms with van der Waals surface area (Å²) in [5.74, 6) is 1.32. The van der Waals surface area contributed by atoms with Crippen LogP contribution in [0.5, 0.6) is 0 Å². The fourth-order valence-corrected chi connectivity index (χ4v) is 5.32. The van der Waals surface area contributed by atoms with Gasteiger partial charge in [0.2, 0.25) is 0 Å². The van der Waals surface area contributed by atoms with E-state index >= 15 is 0 Å². The summed E-state index contributed by atoms with van der Waals surface area (Å²) >= 11 is 0. The molecule has 0 amide bonds. The quantitative estimate of drug-likeness (QED) is 0.336. The predicted molar refractivity (Wildman–Crippen MR) is 151 cm³/mol. The highest BCUT2D eigenvalue weighted by molar-refractivity contribution is 5.85. The summed E-state index contributed by atoms with van der Waals surface area (Å²) < 4.78 is 0.